The maximum atomic E-state index is 11.6. The van der Waals surface area contributed by atoms with E-state index in [0.717, 1.165) is 0 Å². The molecular weight excluding hydrogens is 197 g/mol. The fourth-order valence-corrected chi connectivity index (χ4v) is 0.654. The molecule has 0 radical (unpaired) electrons. The fourth-order valence-electron chi connectivity index (χ4n) is 0.654. The Kier molecular flexibility index (Phi) is 5.72. The molecule has 0 aliphatic rings. The van der Waals surface area contributed by atoms with Crippen molar-refractivity contribution in [3.05, 3.63) is 0 Å². The predicted molar refractivity (Wildman–Crippen MR) is 45.4 cm³/mol. The van der Waals surface area contributed by atoms with Crippen molar-refractivity contribution in [3.8, 4) is 12.3 Å². The molecule has 3 nitrogen and oxygen atoms in total. The van der Waals surface area contributed by atoms with Gasteiger partial charge in [0.1, 0.15) is 0 Å². The van der Waals surface area contributed by atoms with Gasteiger partial charge in [-0.15, -0.1) is 6.42 Å². The summed E-state index contributed by atoms with van der Waals surface area (Å²) in [5.41, 5.74) is 0. The molecule has 0 aliphatic carbocycles. The third kappa shape index (κ3) is 8.87. The van der Waals surface area contributed by atoms with Crippen molar-refractivity contribution in [1.29, 1.82) is 0 Å². The molecule has 0 atom stereocenters. The molecular formula is C8H11F3N2O. The molecule has 80 valence electrons. The monoisotopic (exact) mass is 208 g/mol. The van der Waals surface area contributed by atoms with Crippen LogP contribution in [-0.2, 0) is 4.79 Å². The van der Waals surface area contributed by atoms with Gasteiger partial charge in [-0.3, -0.25) is 10.1 Å². The van der Waals surface area contributed by atoms with Crippen LogP contribution in [0.3, 0.4) is 0 Å². The van der Waals surface area contributed by atoms with Gasteiger partial charge in [-0.25, -0.2) is 0 Å². The van der Waals surface area contributed by atoms with E-state index in [9.17, 15) is 18.0 Å². The number of nitrogens with one attached hydrogen (secondary N) is 2. The van der Waals surface area contributed by atoms with Crippen LogP contribution in [0, 0.1) is 12.3 Å². The summed E-state index contributed by atoms with van der Waals surface area (Å²) < 4.78 is 34.9. The highest BCUT2D eigenvalue weighted by Crippen LogP contribution is 2.17. The van der Waals surface area contributed by atoms with Crippen LogP contribution in [0.5, 0.6) is 0 Å². The maximum absolute atomic E-state index is 11.6. The lowest BCUT2D eigenvalue weighted by Gasteiger charge is -2.07. The molecule has 6 heteroatoms. The largest absolute Gasteiger partial charge is 0.390 e. The number of halogens is 3. The van der Waals surface area contributed by atoms with E-state index in [1.165, 1.54) is 0 Å². The Hall–Kier alpha value is -1.22. The van der Waals surface area contributed by atoms with Gasteiger partial charge in [0.15, 0.2) is 0 Å². The molecule has 0 saturated heterocycles. The van der Waals surface area contributed by atoms with Crippen LogP contribution in [-0.4, -0.2) is 31.7 Å². The second-order valence-electron chi connectivity index (χ2n) is 2.52. The van der Waals surface area contributed by atoms with Crippen molar-refractivity contribution in [1.82, 2.24) is 10.6 Å². The van der Waals surface area contributed by atoms with Crippen LogP contribution >= 0.6 is 0 Å². The number of carbonyl (C=O) groups excluding carboxylic acids is 1. The Labute approximate surface area is 80.1 Å². The van der Waals surface area contributed by atoms with Gasteiger partial charge in [-0.1, -0.05) is 5.92 Å². The van der Waals surface area contributed by atoms with E-state index >= 15 is 0 Å². The number of hydrogen-bond donors (Lipinski definition) is 2. The van der Waals surface area contributed by atoms with Crippen molar-refractivity contribution < 1.29 is 18.0 Å². The van der Waals surface area contributed by atoms with Crippen molar-refractivity contribution in [2.75, 3.05) is 19.6 Å². The van der Waals surface area contributed by atoms with Crippen molar-refractivity contribution in [3.63, 3.8) is 0 Å². The van der Waals surface area contributed by atoms with Crippen LogP contribution in [0.25, 0.3) is 0 Å². The summed E-state index contributed by atoms with van der Waals surface area (Å²) in [6.45, 7) is -0.255. The molecule has 1 amide bonds. The topological polar surface area (TPSA) is 41.1 Å². The summed E-state index contributed by atoms with van der Waals surface area (Å²) in [5, 5.41) is 4.66. The van der Waals surface area contributed by atoms with E-state index in [1.807, 2.05) is 0 Å². The third-order valence-corrected chi connectivity index (χ3v) is 1.24. The zero-order valence-corrected chi connectivity index (χ0v) is 7.45. The van der Waals surface area contributed by atoms with Gasteiger partial charge in [-0.05, 0) is 0 Å². The summed E-state index contributed by atoms with van der Waals surface area (Å²) in [6.07, 6.45) is -0.378. The summed E-state index contributed by atoms with van der Waals surface area (Å²) in [5.74, 6) is 1.74. The number of hydrogen-bond acceptors (Lipinski definition) is 2. The number of rotatable bonds is 5. The number of alkyl halides is 3. The molecule has 2 N–H and O–H groups in total. The molecule has 0 aliphatic heterocycles. The van der Waals surface area contributed by atoms with Crippen LogP contribution in [0.4, 0.5) is 13.2 Å². The van der Waals surface area contributed by atoms with Crippen LogP contribution in [0.1, 0.15) is 6.42 Å². The van der Waals surface area contributed by atoms with Gasteiger partial charge in [0.25, 0.3) is 0 Å². The fraction of sp³-hybridized carbons (Fsp3) is 0.625. The number of carbonyl (C=O) groups is 1. The molecule has 0 aromatic rings. The summed E-state index contributed by atoms with van der Waals surface area (Å²) in [4.78, 5) is 10.8. The highest BCUT2D eigenvalue weighted by molar-refractivity contribution is 5.77. The Balaban J connectivity index is 3.42. The summed E-state index contributed by atoms with van der Waals surface area (Å²) in [6, 6.07) is 0. The molecule has 0 aromatic heterocycles. The number of amides is 1. The van der Waals surface area contributed by atoms with Gasteiger partial charge >= 0.3 is 6.18 Å². The zero-order valence-electron chi connectivity index (χ0n) is 7.45. The van der Waals surface area contributed by atoms with Gasteiger partial charge in [0, 0.05) is 6.54 Å². The first-order valence-electron chi connectivity index (χ1n) is 3.93. The number of terminal acetylenes is 1. The van der Waals surface area contributed by atoms with Gasteiger partial charge in [0.05, 0.1) is 19.5 Å². The molecule has 0 fully saturated rings. The minimum absolute atomic E-state index is 0.0674. The lowest BCUT2D eigenvalue weighted by atomic mass is 10.4. The third-order valence-electron chi connectivity index (χ3n) is 1.24. The minimum atomic E-state index is -4.24. The quantitative estimate of drug-likeness (QED) is 0.503. The van der Waals surface area contributed by atoms with Gasteiger partial charge in [0.2, 0.25) is 5.91 Å². The molecule has 0 unspecified atom stereocenters. The zero-order chi connectivity index (χ0) is 11.0. The highest BCUT2D eigenvalue weighted by Gasteiger charge is 2.26. The van der Waals surface area contributed by atoms with E-state index in [-0.39, 0.29) is 13.1 Å². The van der Waals surface area contributed by atoms with E-state index in [4.69, 9.17) is 6.42 Å². The van der Waals surface area contributed by atoms with Gasteiger partial charge < -0.3 is 5.32 Å². The molecule has 0 heterocycles. The van der Waals surface area contributed by atoms with E-state index in [2.05, 4.69) is 16.6 Å². The van der Waals surface area contributed by atoms with Crippen LogP contribution in [0.15, 0.2) is 0 Å². The Morgan fingerprint density at radius 2 is 2.07 bits per heavy atom. The van der Waals surface area contributed by atoms with Crippen LogP contribution in [0.2, 0.25) is 0 Å². The molecule has 0 saturated carbocycles. The molecule has 14 heavy (non-hydrogen) atoms. The lowest BCUT2D eigenvalue weighted by molar-refractivity contribution is -0.135. The molecule has 0 rings (SSSR count). The van der Waals surface area contributed by atoms with Gasteiger partial charge in [-0.2, -0.15) is 13.2 Å². The lowest BCUT2D eigenvalue weighted by Crippen LogP contribution is -2.35. The van der Waals surface area contributed by atoms with E-state index in [1.54, 1.807) is 0 Å². The first kappa shape index (κ1) is 12.8. The molecule has 0 spiro atoms. The molecule has 0 aromatic carbocycles. The summed E-state index contributed by atoms with van der Waals surface area (Å²) in [7, 11) is 0. The molecule has 0 bridgehead atoms. The second kappa shape index (κ2) is 6.27. The Morgan fingerprint density at radius 1 is 1.43 bits per heavy atom. The van der Waals surface area contributed by atoms with Crippen molar-refractivity contribution >= 4 is 5.91 Å². The standard InChI is InChI=1S/C8H11F3N2O/c1-2-4-12-6-7(14)13-5-3-8(9,10)11/h1,12H,3-6H2,(H,13,14). The van der Waals surface area contributed by atoms with Crippen molar-refractivity contribution in [2.45, 2.75) is 12.6 Å². The second-order valence-corrected chi connectivity index (χ2v) is 2.52. The average Bonchev–Trinajstić information content (AvgIpc) is 2.02. The minimum Gasteiger partial charge on any atom is -0.355 e. The first-order valence-corrected chi connectivity index (χ1v) is 3.93. The first-order chi connectivity index (χ1) is 6.45. The van der Waals surface area contributed by atoms with E-state index < -0.39 is 25.0 Å². The SMILES string of the molecule is C#CCNCC(=O)NCCC(F)(F)F. The highest BCUT2D eigenvalue weighted by atomic mass is 19.4. The van der Waals surface area contributed by atoms with Crippen molar-refractivity contribution in [2.24, 2.45) is 0 Å². The normalized spacial score (nSPS) is 10.7. The predicted octanol–water partition coefficient (Wildman–Crippen LogP) is 0.278. The Morgan fingerprint density at radius 3 is 2.57 bits per heavy atom. The summed E-state index contributed by atoms with van der Waals surface area (Å²) >= 11 is 0. The van der Waals surface area contributed by atoms with Crippen LogP contribution < -0.4 is 10.6 Å². The average molecular weight is 208 g/mol. The maximum Gasteiger partial charge on any atom is 0.390 e. The van der Waals surface area contributed by atoms with E-state index in [0.29, 0.717) is 0 Å². The smallest absolute Gasteiger partial charge is 0.355 e. The Bertz CT molecular complexity index is 220.